The van der Waals surface area contributed by atoms with Gasteiger partial charge in [0.05, 0.1) is 18.8 Å². The average Bonchev–Trinajstić information content (AvgIpc) is 3.26. The van der Waals surface area contributed by atoms with Crippen molar-refractivity contribution in [2.45, 2.75) is 123 Å². The number of morpholine rings is 1. The van der Waals surface area contributed by atoms with Gasteiger partial charge < -0.3 is 14.6 Å². The second-order valence-electron chi connectivity index (χ2n) is 14.1. The molecule has 1 saturated heterocycles. The van der Waals surface area contributed by atoms with E-state index in [2.05, 4.69) is 21.7 Å². The molecule has 0 spiro atoms. The van der Waals surface area contributed by atoms with Crippen LogP contribution >= 0.6 is 0 Å². The van der Waals surface area contributed by atoms with Crippen LogP contribution in [0.5, 0.6) is 0 Å². The van der Waals surface area contributed by atoms with Gasteiger partial charge in [0.1, 0.15) is 0 Å². The lowest BCUT2D eigenvalue weighted by atomic mass is 9.69. The van der Waals surface area contributed by atoms with Crippen molar-refractivity contribution < 1.29 is 17.9 Å². The molecule has 1 aromatic carbocycles. The van der Waals surface area contributed by atoms with Gasteiger partial charge in [0.25, 0.3) is 0 Å². The Morgan fingerprint density at radius 3 is 2.22 bits per heavy atom. The highest BCUT2D eigenvalue weighted by molar-refractivity contribution is 6.04. The first-order valence-electron chi connectivity index (χ1n) is 18.1. The SMILES string of the molecule is CCc1c(C)c2c3c(ccc2n1CCCCCCCCC[C@H]1CC[C@H]1CCN1CCOCC1)NC(=C1CCC1)C=C3C(F)(F)F. The molecule has 0 radical (unpaired) electrons. The Morgan fingerprint density at radius 2 is 1.58 bits per heavy atom. The third-order valence-corrected chi connectivity index (χ3v) is 11.4. The molecule has 4 nitrogen and oxygen atoms in total. The molecular weight excluding hydrogens is 571 g/mol. The van der Waals surface area contributed by atoms with Crippen LogP contribution in [0.4, 0.5) is 18.9 Å². The second kappa shape index (κ2) is 14.7. The Bertz CT molecular complexity index is 1370. The first-order valence-corrected chi connectivity index (χ1v) is 18.1. The zero-order chi connectivity index (χ0) is 31.4. The molecule has 45 heavy (non-hydrogen) atoms. The van der Waals surface area contributed by atoms with E-state index in [0.29, 0.717) is 16.9 Å². The smallest absolute Gasteiger partial charge is 0.379 e. The number of aryl methyl sites for hydroxylation is 2. The van der Waals surface area contributed by atoms with Crippen LogP contribution in [-0.4, -0.2) is 48.5 Å². The van der Waals surface area contributed by atoms with E-state index in [1.807, 2.05) is 19.1 Å². The molecule has 1 N–H and O–H groups in total. The minimum atomic E-state index is -4.40. The Kier molecular flexibility index (Phi) is 10.7. The Labute approximate surface area is 268 Å². The number of nitrogens with one attached hydrogen (secondary N) is 1. The summed E-state index contributed by atoms with van der Waals surface area (Å²) in [6.07, 6.45) is 15.1. The molecule has 2 aliphatic carbocycles. The highest BCUT2D eigenvalue weighted by Crippen LogP contribution is 2.48. The fourth-order valence-corrected chi connectivity index (χ4v) is 8.35. The van der Waals surface area contributed by atoms with Crippen molar-refractivity contribution in [2.75, 3.05) is 38.2 Å². The maximum Gasteiger partial charge on any atom is 0.417 e. The van der Waals surface area contributed by atoms with E-state index in [1.165, 1.54) is 82.5 Å². The predicted octanol–water partition coefficient (Wildman–Crippen LogP) is 10.2. The van der Waals surface area contributed by atoms with Gasteiger partial charge in [0, 0.05) is 53.2 Å². The first-order chi connectivity index (χ1) is 21.8. The van der Waals surface area contributed by atoms with Gasteiger partial charge in [-0.25, -0.2) is 0 Å². The van der Waals surface area contributed by atoms with E-state index in [1.54, 1.807) is 0 Å². The van der Waals surface area contributed by atoms with Crippen molar-refractivity contribution in [3.63, 3.8) is 0 Å². The van der Waals surface area contributed by atoms with Crippen LogP contribution in [0, 0.1) is 18.8 Å². The van der Waals surface area contributed by atoms with E-state index in [4.69, 9.17) is 4.74 Å². The Hall–Kier alpha value is -2.25. The molecule has 0 bridgehead atoms. The Balaban J connectivity index is 0.976. The summed E-state index contributed by atoms with van der Waals surface area (Å²) < 4.78 is 51.2. The molecule has 2 atom stereocenters. The minimum Gasteiger partial charge on any atom is -0.379 e. The molecule has 2 saturated carbocycles. The highest BCUT2D eigenvalue weighted by atomic mass is 19.4. The maximum atomic E-state index is 14.5. The van der Waals surface area contributed by atoms with Gasteiger partial charge in [0.2, 0.25) is 0 Å². The zero-order valence-corrected chi connectivity index (χ0v) is 27.7. The van der Waals surface area contributed by atoms with Crippen LogP contribution in [-0.2, 0) is 17.7 Å². The van der Waals surface area contributed by atoms with Crippen LogP contribution in [0.25, 0.3) is 16.5 Å². The van der Waals surface area contributed by atoms with Crippen molar-refractivity contribution in [1.82, 2.24) is 9.47 Å². The second-order valence-corrected chi connectivity index (χ2v) is 14.1. The minimum absolute atomic E-state index is 0.333. The fraction of sp³-hybridized carbons (Fsp3) is 0.684. The summed E-state index contributed by atoms with van der Waals surface area (Å²) in [5.74, 6) is 1.92. The number of anilines is 1. The number of halogens is 3. The normalized spacial score (nSPS) is 22.2. The molecule has 7 heteroatoms. The number of benzene rings is 1. The number of rotatable bonds is 14. The lowest BCUT2D eigenvalue weighted by molar-refractivity contribution is -0.0688. The molecule has 0 unspecified atom stereocenters. The lowest BCUT2D eigenvalue weighted by Gasteiger charge is -2.38. The number of aromatic nitrogens is 1. The van der Waals surface area contributed by atoms with Gasteiger partial charge in [-0.2, -0.15) is 13.2 Å². The summed E-state index contributed by atoms with van der Waals surface area (Å²) in [7, 11) is 0. The van der Waals surface area contributed by atoms with Gasteiger partial charge >= 0.3 is 6.18 Å². The summed E-state index contributed by atoms with van der Waals surface area (Å²) in [5, 5.41) is 4.14. The number of fused-ring (bicyclic) bond motifs is 3. The van der Waals surface area contributed by atoms with E-state index in [9.17, 15) is 13.2 Å². The van der Waals surface area contributed by atoms with Crippen LogP contribution in [0.15, 0.2) is 29.5 Å². The largest absolute Gasteiger partial charge is 0.417 e. The average molecular weight is 626 g/mol. The third-order valence-electron chi connectivity index (χ3n) is 11.4. The molecule has 0 amide bonds. The number of ether oxygens (including phenoxy) is 1. The van der Waals surface area contributed by atoms with Crippen LogP contribution in [0.1, 0.15) is 114 Å². The molecule has 3 heterocycles. The van der Waals surface area contributed by atoms with Gasteiger partial charge in [-0.3, -0.25) is 4.90 Å². The number of hydrogen-bond donors (Lipinski definition) is 1. The van der Waals surface area contributed by atoms with Gasteiger partial charge in [-0.15, -0.1) is 0 Å². The zero-order valence-electron chi connectivity index (χ0n) is 27.7. The van der Waals surface area contributed by atoms with E-state index < -0.39 is 11.7 Å². The van der Waals surface area contributed by atoms with Gasteiger partial charge in [-0.1, -0.05) is 51.9 Å². The van der Waals surface area contributed by atoms with Crippen molar-refractivity contribution in [3.8, 4) is 0 Å². The monoisotopic (exact) mass is 625 g/mol. The van der Waals surface area contributed by atoms with Crippen molar-refractivity contribution in [3.05, 3.63) is 46.3 Å². The first kappa shape index (κ1) is 32.7. The number of unbranched alkanes of at least 4 members (excludes halogenated alkanes) is 6. The number of alkyl halides is 3. The van der Waals surface area contributed by atoms with Crippen molar-refractivity contribution in [1.29, 1.82) is 0 Å². The molecule has 2 aliphatic heterocycles. The number of hydrogen-bond acceptors (Lipinski definition) is 3. The molecule has 1 aromatic heterocycles. The quantitative estimate of drug-likeness (QED) is 0.212. The molecular formula is C38H54F3N3O. The molecule has 2 aromatic rings. The van der Waals surface area contributed by atoms with E-state index in [0.717, 1.165) is 98.8 Å². The summed E-state index contributed by atoms with van der Waals surface area (Å²) in [6.45, 7) is 10.3. The molecule has 248 valence electrons. The van der Waals surface area contributed by atoms with E-state index >= 15 is 0 Å². The molecule has 3 fully saturated rings. The van der Waals surface area contributed by atoms with Crippen LogP contribution in [0.3, 0.4) is 0 Å². The number of allylic oxidation sites excluding steroid dienone is 3. The van der Waals surface area contributed by atoms with Crippen LogP contribution < -0.4 is 5.32 Å². The van der Waals surface area contributed by atoms with Gasteiger partial charge in [0.15, 0.2) is 0 Å². The number of nitrogens with zero attached hydrogens (tertiary/aromatic N) is 2. The summed E-state index contributed by atoms with van der Waals surface area (Å²) >= 11 is 0. The highest BCUT2D eigenvalue weighted by Gasteiger charge is 2.40. The topological polar surface area (TPSA) is 29.4 Å². The van der Waals surface area contributed by atoms with Crippen LogP contribution in [0.2, 0.25) is 0 Å². The van der Waals surface area contributed by atoms with E-state index in [-0.39, 0.29) is 0 Å². The van der Waals surface area contributed by atoms with Crippen molar-refractivity contribution >= 4 is 22.2 Å². The summed E-state index contributed by atoms with van der Waals surface area (Å²) in [4.78, 5) is 2.58. The molecule has 6 rings (SSSR count). The maximum absolute atomic E-state index is 14.5. The summed E-state index contributed by atoms with van der Waals surface area (Å²) in [6, 6.07) is 3.92. The van der Waals surface area contributed by atoms with Gasteiger partial charge in [-0.05, 0) is 106 Å². The predicted molar refractivity (Wildman–Crippen MR) is 180 cm³/mol. The van der Waals surface area contributed by atoms with Crippen molar-refractivity contribution in [2.24, 2.45) is 11.8 Å². The standard InChI is InChI=1S/C38H54F3N3O/c1-3-34-27(2)36-35(18-17-32-37(36)31(38(39,40)41)26-33(42-32)30-13-11-14-30)44(34)20-10-8-6-4-5-7-9-12-28-15-16-29(28)19-21-43-22-24-45-25-23-43/h17-18,26,28-29,42H,3-16,19-25H2,1-2H3/t28-,29-/m0/s1. The Morgan fingerprint density at radius 1 is 0.889 bits per heavy atom. The fourth-order valence-electron chi connectivity index (χ4n) is 8.35. The lowest BCUT2D eigenvalue weighted by Crippen LogP contribution is -2.39. The third kappa shape index (κ3) is 7.35. The summed E-state index contributed by atoms with van der Waals surface area (Å²) in [5.41, 5.74) is 5.29. The molecule has 4 aliphatic rings.